The lowest BCUT2D eigenvalue weighted by Crippen LogP contribution is -2.35. The Labute approximate surface area is 97.0 Å². The van der Waals surface area contributed by atoms with Crippen LogP contribution in [0.4, 0.5) is 8.78 Å². The van der Waals surface area contributed by atoms with Gasteiger partial charge in [0.1, 0.15) is 0 Å². The number of rotatable bonds is 3. The van der Waals surface area contributed by atoms with Gasteiger partial charge in [-0.2, -0.15) is 8.78 Å². The van der Waals surface area contributed by atoms with Crippen molar-refractivity contribution in [3.63, 3.8) is 0 Å². The molecule has 1 heterocycles. The van der Waals surface area contributed by atoms with Crippen molar-refractivity contribution in [2.24, 2.45) is 11.8 Å². The third-order valence-electron chi connectivity index (χ3n) is 2.66. The molecule has 1 saturated heterocycles. The molecule has 1 atom stereocenters. The Morgan fingerprint density at radius 2 is 1.94 bits per heavy atom. The highest BCUT2D eigenvalue weighted by Gasteiger charge is 2.55. The molecule has 1 aliphatic rings. The summed E-state index contributed by atoms with van der Waals surface area (Å²) in [6.45, 7) is 10.1. The second-order valence-electron chi connectivity index (χ2n) is 4.29. The van der Waals surface area contributed by atoms with E-state index in [1.807, 2.05) is 27.7 Å². The predicted octanol–water partition coefficient (Wildman–Crippen LogP) is 3.17. The van der Waals surface area contributed by atoms with Gasteiger partial charge in [-0.3, -0.25) is 4.79 Å². The minimum atomic E-state index is -3.14. The highest BCUT2D eigenvalue weighted by atomic mass is 19.3. The molecule has 1 aliphatic heterocycles. The summed E-state index contributed by atoms with van der Waals surface area (Å²) < 4.78 is 26.8. The van der Waals surface area contributed by atoms with E-state index in [0.29, 0.717) is 13.0 Å². The first-order chi connectivity index (χ1) is 7.39. The van der Waals surface area contributed by atoms with Crippen molar-refractivity contribution in [2.75, 3.05) is 13.1 Å². The van der Waals surface area contributed by atoms with Gasteiger partial charge in [0.2, 0.25) is 0 Å². The third-order valence-corrected chi connectivity index (χ3v) is 2.66. The van der Waals surface area contributed by atoms with Gasteiger partial charge in [0.05, 0.1) is 5.92 Å². The first-order valence-electron chi connectivity index (χ1n) is 6.06. The first-order valence-corrected chi connectivity index (χ1v) is 6.06. The number of alkyl halides is 2. The fraction of sp³-hybridized carbons (Fsp3) is 0.917. The van der Waals surface area contributed by atoms with Gasteiger partial charge in [0, 0.05) is 13.1 Å². The Morgan fingerprint density at radius 1 is 1.44 bits per heavy atom. The minimum absolute atomic E-state index is 0.204. The van der Waals surface area contributed by atoms with E-state index in [1.54, 1.807) is 6.92 Å². The summed E-state index contributed by atoms with van der Waals surface area (Å²) in [5.41, 5.74) is 0. The van der Waals surface area contributed by atoms with Crippen LogP contribution >= 0.6 is 0 Å². The van der Waals surface area contributed by atoms with E-state index >= 15 is 0 Å². The predicted molar refractivity (Wildman–Crippen MR) is 61.5 cm³/mol. The van der Waals surface area contributed by atoms with Crippen molar-refractivity contribution in [2.45, 2.75) is 47.0 Å². The molecule has 1 unspecified atom stereocenters. The largest absolute Gasteiger partial charge is 0.337 e. The van der Waals surface area contributed by atoms with Gasteiger partial charge in [-0.1, -0.05) is 27.7 Å². The number of carbonyl (C=O) groups excluding carboxylic acids is 1. The van der Waals surface area contributed by atoms with Crippen molar-refractivity contribution < 1.29 is 13.6 Å². The van der Waals surface area contributed by atoms with Crippen molar-refractivity contribution in [1.29, 1.82) is 0 Å². The number of halogens is 2. The summed E-state index contributed by atoms with van der Waals surface area (Å²) in [5, 5.41) is 0. The Balaban J connectivity index is 0.00000106. The summed E-state index contributed by atoms with van der Waals surface area (Å²) >= 11 is 0. The summed E-state index contributed by atoms with van der Waals surface area (Å²) in [5.74, 6) is -4.73. The molecule has 0 aromatic rings. The van der Waals surface area contributed by atoms with Crippen LogP contribution in [0.1, 0.15) is 41.0 Å². The molecule has 0 aromatic heterocycles. The van der Waals surface area contributed by atoms with Crippen LogP contribution in [0.25, 0.3) is 0 Å². The highest BCUT2D eigenvalue weighted by Crippen LogP contribution is 2.37. The van der Waals surface area contributed by atoms with E-state index in [1.165, 1.54) is 4.90 Å². The van der Waals surface area contributed by atoms with E-state index in [2.05, 4.69) is 0 Å². The molecule has 0 spiro atoms. The van der Waals surface area contributed by atoms with E-state index in [9.17, 15) is 13.6 Å². The number of likely N-dealkylation sites (tertiary alicyclic amines) is 1. The Kier molecular flexibility index (Phi) is 5.90. The summed E-state index contributed by atoms with van der Waals surface area (Å²) in [6.07, 6.45) is 0.412. The second kappa shape index (κ2) is 6.16. The van der Waals surface area contributed by atoms with Gasteiger partial charge < -0.3 is 4.90 Å². The molecule has 2 nitrogen and oxygen atoms in total. The molecule has 1 fully saturated rings. The molecular weight excluding hydrogens is 212 g/mol. The summed E-state index contributed by atoms with van der Waals surface area (Å²) in [4.78, 5) is 12.5. The summed E-state index contributed by atoms with van der Waals surface area (Å²) in [6, 6.07) is 0. The molecule has 0 saturated carbocycles. The maximum absolute atomic E-state index is 13.4. The second-order valence-corrected chi connectivity index (χ2v) is 4.29. The smallest absolute Gasteiger partial charge is 0.329 e. The topological polar surface area (TPSA) is 20.3 Å². The van der Waals surface area contributed by atoms with Gasteiger partial charge in [-0.25, -0.2) is 0 Å². The van der Waals surface area contributed by atoms with E-state index in [0.717, 1.165) is 0 Å². The van der Waals surface area contributed by atoms with Crippen molar-refractivity contribution in [1.82, 2.24) is 4.90 Å². The van der Waals surface area contributed by atoms with Gasteiger partial charge in [0.25, 0.3) is 5.91 Å². The van der Waals surface area contributed by atoms with E-state index < -0.39 is 17.7 Å². The van der Waals surface area contributed by atoms with Gasteiger partial charge in [-0.05, 0) is 19.3 Å². The molecule has 96 valence electrons. The molecule has 0 aromatic carbocycles. The average molecular weight is 235 g/mol. The summed E-state index contributed by atoms with van der Waals surface area (Å²) in [7, 11) is 0. The number of nitrogens with zero attached hydrogens (tertiary/aromatic N) is 1. The van der Waals surface area contributed by atoms with Crippen LogP contribution in [0, 0.1) is 11.8 Å². The molecule has 1 amide bonds. The Hall–Kier alpha value is -0.670. The van der Waals surface area contributed by atoms with Crippen LogP contribution in [0.2, 0.25) is 0 Å². The fourth-order valence-corrected chi connectivity index (χ4v) is 1.91. The quantitative estimate of drug-likeness (QED) is 0.735. The van der Waals surface area contributed by atoms with Gasteiger partial charge >= 0.3 is 5.92 Å². The fourth-order valence-electron chi connectivity index (χ4n) is 1.91. The molecule has 0 N–H and O–H groups in total. The van der Waals surface area contributed by atoms with E-state index in [-0.39, 0.29) is 12.5 Å². The average Bonchev–Trinajstić information content (AvgIpc) is 2.44. The van der Waals surface area contributed by atoms with Crippen molar-refractivity contribution in [3.8, 4) is 0 Å². The maximum atomic E-state index is 13.4. The van der Waals surface area contributed by atoms with Crippen molar-refractivity contribution in [3.05, 3.63) is 0 Å². The zero-order valence-electron chi connectivity index (χ0n) is 10.9. The Bertz CT molecular complexity index is 229. The van der Waals surface area contributed by atoms with Crippen LogP contribution in [-0.2, 0) is 4.79 Å². The SMILES string of the molecule is CC.CCN1CC(CC(C)C)C(F)(F)C1=O. The number of amides is 1. The zero-order chi connectivity index (χ0) is 12.9. The van der Waals surface area contributed by atoms with Gasteiger partial charge in [-0.15, -0.1) is 0 Å². The standard InChI is InChI=1S/C10H17F2NO.C2H6/c1-4-13-6-8(5-7(2)3)10(11,12)9(13)14;1-2/h7-8H,4-6H2,1-3H3;1-2H3. The highest BCUT2D eigenvalue weighted by molar-refractivity contribution is 5.86. The Morgan fingerprint density at radius 3 is 2.25 bits per heavy atom. The van der Waals surface area contributed by atoms with Gasteiger partial charge in [0.15, 0.2) is 0 Å². The van der Waals surface area contributed by atoms with Crippen LogP contribution < -0.4 is 0 Å². The molecule has 0 bridgehead atoms. The molecular formula is C12H23F2NO. The monoisotopic (exact) mass is 235 g/mol. The number of carbonyl (C=O) groups is 1. The van der Waals surface area contributed by atoms with Crippen LogP contribution in [0.15, 0.2) is 0 Å². The lowest BCUT2D eigenvalue weighted by atomic mass is 9.94. The lowest BCUT2D eigenvalue weighted by molar-refractivity contribution is -0.151. The minimum Gasteiger partial charge on any atom is -0.337 e. The number of hydrogen-bond donors (Lipinski definition) is 0. The molecule has 0 radical (unpaired) electrons. The third kappa shape index (κ3) is 3.16. The number of hydrogen-bond acceptors (Lipinski definition) is 1. The molecule has 1 rings (SSSR count). The maximum Gasteiger partial charge on any atom is 0.329 e. The molecule has 16 heavy (non-hydrogen) atoms. The van der Waals surface area contributed by atoms with Crippen molar-refractivity contribution >= 4 is 5.91 Å². The van der Waals surface area contributed by atoms with Crippen LogP contribution in [0.3, 0.4) is 0 Å². The normalized spacial score (nSPS) is 23.4. The zero-order valence-corrected chi connectivity index (χ0v) is 10.9. The van der Waals surface area contributed by atoms with Crippen LogP contribution in [-0.4, -0.2) is 29.8 Å². The molecule has 4 heteroatoms. The van der Waals surface area contributed by atoms with Crippen LogP contribution in [0.5, 0.6) is 0 Å². The lowest BCUT2D eigenvalue weighted by Gasteiger charge is -2.17. The van der Waals surface area contributed by atoms with E-state index in [4.69, 9.17) is 0 Å². The first kappa shape index (κ1) is 15.3. The molecule has 0 aliphatic carbocycles.